The van der Waals surface area contributed by atoms with Gasteiger partial charge in [-0.25, -0.2) is 8.42 Å². The molecule has 0 radical (unpaired) electrons. The van der Waals surface area contributed by atoms with Crippen LogP contribution in [0.5, 0.6) is 5.75 Å². The van der Waals surface area contributed by atoms with Gasteiger partial charge in [-0.05, 0) is 48.9 Å². The van der Waals surface area contributed by atoms with Crippen molar-refractivity contribution in [2.24, 2.45) is 0 Å². The smallest absolute Gasteiger partial charge is 0.406 e. The van der Waals surface area contributed by atoms with Gasteiger partial charge in [-0.2, -0.15) is 4.31 Å². The molecule has 3 rings (SSSR count). The number of benzene rings is 2. The number of sulfonamides is 1. The fourth-order valence-electron chi connectivity index (χ4n) is 3.49. The van der Waals surface area contributed by atoms with E-state index < -0.39 is 28.3 Å². The van der Waals surface area contributed by atoms with Crippen LogP contribution in [0.25, 0.3) is 0 Å². The van der Waals surface area contributed by atoms with Gasteiger partial charge in [0.25, 0.3) is 5.91 Å². The zero-order valence-corrected chi connectivity index (χ0v) is 19.3. The number of nitrogens with zero attached hydrogens (tertiary/aromatic N) is 2. The van der Waals surface area contributed by atoms with Gasteiger partial charge in [0, 0.05) is 38.7 Å². The minimum absolute atomic E-state index is 0.0358. The number of alkyl halides is 3. The fraction of sp³-hybridized carbons (Fsp3) is 0.364. The molecule has 184 valence electrons. The molecule has 0 spiro atoms. The van der Waals surface area contributed by atoms with E-state index in [1.54, 1.807) is 11.8 Å². The van der Waals surface area contributed by atoms with Crippen LogP contribution in [0.4, 0.5) is 13.2 Å². The Kier molecular flexibility index (Phi) is 7.51. The summed E-state index contributed by atoms with van der Waals surface area (Å²) in [6.45, 7) is 4.11. The summed E-state index contributed by atoms with van der Waals surface area (Å²) in [7, 11) is -3.77. The van der Waals surface area contributed by atoms with Crippen LogP contribution in [0.2, 0.25) is 0 Å². The van der Waals surface area contributed by atoms with Crippen LogP contribution in [0.1, 0.15) is 35.8 Å². The Bertz CT molecular complexity index is 1130. The third-order valence-electron chi connectivity index (χ3n) is 5.40. The lowest BCUT2D eigenvalue weighted by molar-refractivity contribution is -0.274. The molecule has 1 atom stereocenters. The summed E-state index contributed by atoms with van der Waals surface area (Å²) in [5, 5.41) is 2.72. The van der Waals surface area contributed by atoms with E-state index in [2.05, 4.69) is 10.1 Å². The molecule has 1 unspecified atom stereocenters. The summed E-state index contributed by atoms with van der Waals surface area (Å²) in [5.74, 6) is -0.941. The first-order chi connectivity index (χ1) is 15.9. The zero-order chi connectivity index (χ0) is 25.1. The molecule has 1 N–H and O–H groups in total. The maximum Gasteiger partial charge on any atom is 0.573 e. The number of amides is 2. The van der Waals surface area contributed by atoms with Crippen LogP contribution in [-0.4, -0.2) is 62.0 Å². The van der Waals surface area contributed by atoms with Gasteiger partial charge in [-0.1, -0.05) is 12.1 Å². The Morgan fingerprint density at radius 3 is 2.03 bits per heavy atom. The number of hydrogen-bond donors (Lipinski definition) is 1. The molecule has 1 aliphatic rings. The van der Waals surface area contributed by atoms with E-state index in [4.69, 9.17) is 0 Å². The summed E-state index contributed by atoms with van der Waals surface area (Å²) in [4.78, 5) is 25.6. The summed E-state index contributed by atoms with van der Waals surface area (Å²) >= 11 is 0. The van der Waals surface area contributed by atoms with E-state index in [-0.39, 0.29) is 35.2 Å². The maximum absolute atomic E-state index is 12.9. The Morgan fingerprint density at radius 2 is 1.53 bits per heavy atom. The van der Waals surface area contributed by atoms with Gasteiger partial charge in [0.1, 0.15) is 5.75 Å². The Hall–Kier alpha value is -3.12. The van der Waals surface area contributed by atoms with Crippen LogP contribution in [0.15, 0.2) is 53.4 Å². The third kappa shape index (κ3) is 6.26. The monoisotopic (exact) mass is 499 g/mol. The second-order valence-electron chi connectivity index (χ2n) is 7.75. The van der Waals surface area contributed by atoms with E-state index in [0.717, 1.165) is 12.1 Å². The molecule has 1 saturated heterocycles. The molecule has 1 fully saturated rings. The van der Waals surface area contributed by atoms with Crippen LogP contribution in [0, 0.1) is 0 Å². The zero-order valence-electron chi connectivity index (χ0n) is 18.5. The summed E-state index contributed by atoms with van der Waals surface area (Å²) in [5.41, 5.74) is 0.788. The second-order valence-corrected chi connectivity index (χ2v) is 9.68. The molecule has 1 heterocycles. The topological polar surface area (TPSA) is 96.0 Å². The van der Waals surface area contributed by atoms with Crippen LogP contribution in [-0.2, 0) is 14.8 Å². The molecule has 12 heteroatoms. The van der Waals surface area contributed by atoms with E-state index in [9.17, 15) is 31.2 Å². The number of piperazine rings is 1. The van der Waals surface area contributed by atoms with Gasteiger partial charge in [-0.3, -0.25) is 9.59 Å². The number of nitrogens with one attached hydrogen (secondary N) is 1. The second kappa shape index (κ2) is 10.0. The van der Waals surface area contributed by atoms with E-state index in [0.29, 0.717) is 18.7 Å². The third-order valence-corrected chi connectivity index (χ3v) is 7.31. The number of carbonyl (C=O) groups excluding carboxylic acids is 2. The summed E-state index contributed by atoms with van der Waals surface area (Å²) < 4.78 is 67.7. The van der Waals surface area contributed by atoms with Gasteiger partial charge in [0.05, 0.1) is 10.9 Å². The molecule has 0 saturated carbocycles. The van der Waals surface area contributed by atoms with Crippen LogP contribution in [0.3, 0.4) is 0 Å². The molecular weight excluding hydrogens is 475 g/mol. The minimum Gasteiger partial charge on any atom is -0.406 e. The molecule has 2 aromatic rings. The molecule has 2 aromatic carbocycles. The van der Waals surface area contributed by atoms with Gasteiger partial charge in [-0.15, -0.1) is 13.2 Å². The van der Waals surface area contributed by atoms with Crippen molar-refractivity contribution in [1.29, 1.82) is 0 Å². The first-order valence-corrected chi connectivity index (χ1v) is 11.8. The molecule has 2 amide bonds. The minimum atomic E-state index is -4.79. The van der Waals surface area contributed by atoms with Gasteiger partial charge < -0.3 is 15.0 Å². The van der Waals surface area contributed by atoms with Crippen molar-refractivity contribution < 1.29 is 35.9 Å². The number of carbonyl (C=O) groups is 2. The standard InChI is InChI=1S/C22H24F3N3O5S/c1-15(17-3-7-19(8-4-17)33-22(23,24)25)26-21(30)18-5-9-20(10-6-18)34(31,32)28-13-11-27(12-14-28)16(2)29/h3-10,15H,11-14H2,1-2H3,(H,26,30). The highest BCUT2D eigenvalue weighted by Gasteiger charge is 2.31. The predicted octanol–water partition coefficient (Wildman–Crippen LogP) is 2.93. The van der Waals surface area contributed by atoms with Gasteiger partial charge >= 0.3 is 6.36 Å². The van der Waals surface area contributed by atoms with Crippen molar-refractivity contribution in [3.63, 3.8) is 0 Å². The van der Waals surface area contributed by atoms with E-state index in [1.807, 2.05) is 0 Å². The van der Waals surface area contributed by atoms with Crippen LogP contribution < -0.4 is 10.1 Å². The van der Waals surface area contributed by atoms with Crippen molar-refractivity contribution in [2.45, 2.75) is 31.1 Å². The Labute approximate surface area is 195 Å². The van der Waals surface area contributed by atoms with Crippen molar-refractivity contribution in [3.8, 4) is 5.75 Å². The fourth-order valence-corrected chi connectivity index (χ4v) is 4.91. The molecule has 0 aliphatic carbocycles. The number of ether oxygens (including phenoxy) is 1. The highest BCUT2D eigenvalue weighted by Crippen LogP contribution is 2.25. The molecule has 8 nitrogen and oxygen atoms in total. The molecule has 34 heavy (non-hydrogen) atoms. The van der Waals surface area contributed by atoms with Gasteiger partial charge in [0.15, 0.2) is 0 Å². The molecule has 0 bridgehead atoms. The lowest BCUT2D eigenvalue weighted by atomic mass is 10.1. The molecule has 0 aromatic heterocycles. The number of rotatable bonds is 6. The van der Waals surface area contributed by atoms with Crippen LogP contribution >= 0.6 is 0 Å². The lowest BCUT2D eigenvalue weighted by Gasteiger charge is -2.33. The van der Waals surface area contributed by atoms with Crippen molar-refractivity contribution in [3.05, 3.63) is 59.7 Å². The normalized spacial score (nSPS) is 16.1. The van der Waals surface area contributed by atoms with Crippen molar-refractivity contribution >= 4 is 21.8 Å². The number of halogens is 3. The maximum atomic E-state index is 12.9. The summed E-state index contributed by atoms with van der Waals surface area (Å²) in [6, 6.07) is 10.1. The first kappa shape index (κ1) is 25.5. The molecule has 1 aliphatic heterocycles. The van der Waals surface area contributed by atoms with Crippen molar-refractivity contribution in [1.82, 2.24) is 14.5 Å². The summed E-state index contributed by atoms with van der Waals surface area (Å²) in [6.07, 6.45) is -4.79. The van der Waals surface area contributed by atoms with E-state index >= 15 is 0 Å². The largest absolute Gasteiger partial charge is 0.573 e. The highest BCUT2D eigenvalue weighted by molar-refractivity contribution is 7.89. The quantitative estimate of drug-likeness (QED) is 0.660. The first-order valence-electron chi connectivity index (χ1n) is 10.4. The van der Waals surface area contributed by atoms with Crippen molar-refractivity contribution in [2.75, 3.05) is 26.2 Å². The Balaban J connectivity index is 1.62. The lowest BCUT2D eigenvalue weighted by Crippen LogP contribution is -2.49. The average Bonchev–Trinajstić information content (AvgIpc) is 2.78. The number of hydrogen-bond acceptors (Lipinski definition) is 5. The average molecular weight is 500 g/mol. The Morgan fingerprint density at radius 1 is 0.971 bits per heavy atom. The molecular formula is C22H24F3N3O5S. The SMILES string of the molecule is CC(=O)N1CCN(S(=O)(=O)c2ccc(C(=O)NC(C)c3ccc(OC(F)(F)F)cc3)cc2)CC1. The predicted molar refractivity (Wildman–Crippen MR) is 116 cm³/mol. The van der Waals surface area contributed by atoms with E-state index in [1.165, 1.54) is 47.6 Å². The highest BCUT2D eigenvalue weighted by atomic mass is 32.2. The van der Waals surface area contributed by atoms with Gasteiger partial charge in [0.2, 0.25) is 15.9 Å².